The van der Waals surface area contributed by atoms with Gasteiger partial charge in [-0.05, 0) is 23.3 Å². The van der Waals surface area contributed by atoms with E-state index < -0.39 is 5.60 Å². The van der Waals surface area contributed by atoms with Gasteiger partial charge in [0.15, 0.2) is 0 Å². The number of thioether (sulfide) groups is 1. The van der Waals surface area contributed by atoms with Crippen molar-refractivity contribution in [3.05, 3.63) is 71.8 Å². The van der Waals surface area contributed by atoms with Gasteiger partial charge in [-0.25, -0.2) is 0 Å². The van der Waals surface area contributed by atoms with Crippen LogP contribution in [0.25, 0.3) is 0 Å². The van der Waals surface area contributed by atoms with Crippen LogP contribution in [0.15, 0.2) is 60.7 Å². The Hall–Kier alpha value is -1.29. The third kappa shape index (κ3) is 2.49. The molecule has 1 atom stereocenters. The highest BCUT2D eigenvalue weighted by atomic mass is 32.2. The molecule has 0 amide bonds. The maximum atomic E-state index is 11.4. The number of aliphatic hydroxyl groups is 1. The van der Waals surface area contributed by atoms with Crippen LogP contribution in [0, 0.1) is 0 Å². The second-order valence-corrected chi connectivity index (χ2v) is 6.10. The highest BCUT2D eigenvalue weighted by Crippen LogP contribution is 2.41. The summed E-state index contributed by atoms with van der Waals surface area (Å²) in [7, 11) is 0. The zero-order valence-corrected chi connectivity index (χ0v) is 12.1. The molecule has 3 heteroatoms. The highest BCUT2D eigenvalue weighted by Gasteiger charge is 2.42. The van der Waals surface area contributed by atoms with Crippen molar-refractivity contribution >= 4 is 11.8 Å². The maximum absolute atomic E-state index is 11.4. The first kappa shape index (κ1) is 13.7. The van der Waals surface area contributed by atoms with E-state index in [1.165, 1.54) is 0 Å². The first-order chi connectivity index (χ1) is 9.82. The average molecular weight is 286 g/mol. The van der Waals surface area contributed by atoms with Crippen molar-refractivity contribution in [1.82, 2.24) is 0 Å². The normalized spacial score (nSPS) is 19.8. The van der Waals surface area contributed by atoms with Gasteiger partial charge in [0, 0.05) is 6.61 Å². The molecule has 3 rings (SSSR count). The minimum Gasteiger partial charge on any atom is -0.377 e. The summed E-state index contributed by atoms with van der Waals surface area (Å²) in [6, 6.07) is 19.6. The van der Waals surface area contributed by atoms with E-state index in [1.54, 1.807) is 11.8 Å². The van der Waals surface area contributed by atoms with Gasteiger partial charge in [0.1, 0.15) is 11.0 Å². The lowest BCUT2D eigenvalue weighted by Crippen LogP contribution is -2.42. The van der Waals surface area contributed by atoms with E-state index in [-0.39, 0.29) is 5.44 Å². The van der Waals surface area contributed by atoms with Gasteiger partial charge >= 0.3 is 0 Å². The van der Waals surface area contributed by atoms with Crippen molar-refractivity contribution in [3.63, 3.8) is 0 Å². The minimum atomic E-state index is -1.10. The van der Waals surface area contributed by atoms with Gasteiger partial charge in [0.2, 0.25) is 0 Å². The summed E-state index contributed by atoms with van der Waals surface area (Å²) in [5.41, 5.74) is 0.394. The summed E-state index contributed by atoms with van der Waals surface area (Å²) >= 11 is 1.69. The zero-order valence-electron chi connectivity index (χ0n) is 11.2. The third-order valence-corrected chi connectivity index (χ3v) is 4.90. The molecule has 20 heavy (non-hydrogen) atoms. The maximum Gasteiger partial charge on any atom is 0.150 e. The summed E-state index contributed by atoms with van der Waals surface area (Å²) in [5.74, 6) is 1.02. The van der Waals surface area contributed by atoms with Crippen molar-refractivity contribution in [2.45, 2.75) is 17.5 Å². The van der Waals surface area contributed by atoms with Crippen LogP contribution in [-0.2, 0) is 10.3 Å². The molecule has 0 spiro atoms. The molecule has 0 bridgehead atoms. The Balaban J connectivity index is 2.07. The highest BCUT2D eigenvalue weighted by molar-refractivity contribution is 7.99. The summed E-state index contributed by atoms with van der Waals surface area (Å²) in [6.45, 7) is 0.708. The largest absolute Gasteiger partial charge is 0.377 e. The van der Waals surface area contributed by atoms with Gasteiger partial charge in [-0.15, -0.1) is 11.8 Å². The number of rotatable bonds is 3. The van der Waals surface area contributed by atoms with E-state index in [2.05, 4.69) is 0 Å². The van der Waals surface area contributed by atoms with Crippen molar-refractivity contribution in [2.75, 3.05) is 12.4 Å². The van der Waals surface area contributed by atoms with Crippen molar-refractivity contribution in [2.24, 2.45) is 0 Å². The van der Waals surface area contributed by atoms with Crippen LogP contribution in [0.2, 0.25) is 0 Å². The summed E-state index contributed by atoms with van der Waals surface area (Å²) in [5, 5.41) is 11.4. The summed E-state index contributed by atoms with van der Waals surface area (Å²) in [4.78, 5) is 0. The molecule has 1 heterocycles. The van der Waals surface area contributed by atoms with E-state index in [0.29, 0.717) is 6.61 Å². The van der Waals surface area contributed by atoms with Crippen molar-refractivity contribution < 1.29 is 9.84 Å². The number of ether oxygens (including phenoxy) is 1. The van der Waals surface area contributed by atoms with Gasteiger partial charge in [0.05, 0.1) is 0 Å². The summed E-state index contributed by atoms with van der Waals surface area (Å²) < 4.78 is 5.86. The Morgan fingerprint density at radius 3 is 1.95 bits per heavy atom. The monoisotopic (exact) mass is 286 g/mol. The Morgan fingerprint density at radius 2 is 1.50 bits per heavy atom. The quantitative estimate of drug-likeness (QED) is 0.937. The molecule has 104 valence electrons. The minimum absolute atomic E-state index is 0.263. The Morgan fingerprint density at radius 1 is 0.950 bits per heavy atom. The molecule has 1 N–H and O–H groups in total. The fraction of sp³-hybridized carbons (Fsp3) is 0.294. The van der Waals surface area contributed by atoms with Crippen LogP contribution >= 0.6 is 11.8 Å². The molecule has 1 saturated heterocycles. The second kappa shape index (κ2) is 6.00. The fourth-order valence-corrected chi connectivity index (χ4v) is 3.76. The third-order valence-electron chi connectivity index (χ3n) is 3.60. The molecule has 0 aliphatic carbocycles. The van der Waals surface area contributed by atoms with E-state index in [4.69, 9.17) is 4.74 Å². The van der Waals surface area contributed by atoms with E-state index in [0.717, 1.165) is 23.3 Å². The first-order valence-electron chi connectivity index (χ1n) is 6.88. The molecule has 2 nitrogen and oxygen atoms in total. The molecule has 1 aliphatic heterocycles. The molecule has 1 fully saturated rings. The van der Waals surface area contributed by atoms with Crippen molar-refractivity contribution in [1.29, 1.82) is 0 Å². The van der Waals surface area contributed by atoms with Crippen LogP contribution in [-0.4, -0.2) is 22.9 Å². The summed E-state index contributed by atoms with van der Waals surface area (Å²) in [6.07, 6.45) is 1.04. The lowest BCUT2D eigenvalue weighted by Gasteiger charge is -2.38. The standard InChI is InChI=1S/C17H18O2S/c18-17(14-8-3-1-4-9-14,15-10-5-2-6-11-15)16-19-12-7-13-20-16/h1-6,8-11,16,18H,7,12-13H2. The van der Waals surface area contributed by atoms with Crippen LogP contribution in [0.1, 0.15) is 17.5 Å². The lowest BCUT2D eigenvalue weighted by atomic mass is 9.87. The lowest BCUT2D eigenvalue weighted by molar-refractivity contribution is -0.0464. The van der Waals surface area contributed by atoms with Crippen molar-refractivity contribution in [3.8, 4) is 0 Å². The molecule has 1 unspecified atom stereocenters. The average Bonchev–Trinajstić information content (AvgIpc) is 2.56. The Kier molecular flexibility index (Phi) is 4.10. The molecule has 0 saturated carbocycles. The molecule has 1 aliphatic rings. The number of hydrogen-bond acceptors (Lipinski definition) is 3. The molecule has 0 aromatic heterocycles. The second-order valence-electron chi connectivity index (χ2n) is 4.93. The Bertz CT molecular complexity index is 496. The van der Waals surface area contributed by atoms with Gasteiger partial charge in [0.25, 0.3) is 0 Å². The van der Waals surface area contributed by atoms with E-state index in [9.17, 15) is 5.11 Å². The zero-order chi connectivity index (χ0) is 13.8. The number of hydrogen-bond donors (Lipinski definition) is 1. The Labute approximate surface area is 123 Å². The molecule has 2 aromatic carbocycles. The molecule has 0 radical (unpaired) electrons. The van der Waals surface area contributed by atoms with E-state index >= 15 is 0 Å². The molecular formula is C17H18O2S. The van der Waals surface area contributed by atoms with Crippen LogP contribution in [0.4, 0.5) is 0 Å². The molecular weight excluding hydrogens is 268 g/mol. The predicted octanol–water partition coefficient (Wildman–Crippen LogP) is 3.40. The smallest absolute Gasteiger partial charge is 0.150 e. The van der Waals surface area contributed by atoms with Gasteiger partial charge < -0.3 is 9.84 Å². The SMILES string of the molecule is OC(c1ccccc1)(c1ccccc1)C1OCCCS1. The van der Waals surface area contributed by atoms with Crippen LogP contribution in [0.5, 0.6) is 0 Å². The van der Waals surface area contributed by atoms with Gasteiger partial charge in [-0.3, -0.25) is 0 Å². The van der Waals surface area contributed by atoms with Gasteiger partial charge in [-0.2, -0.15) is 0 Å². The topological polar surface area (TPSA) is 29.5 Å². The first-order valence-corrected chi connectivity index (χ1v) is 7.93. The fourth-order valence-electron chi connectivity index (χ4n) is 2.55. The predicted molar refractivity (Wildman–Crippen MR) is 82.7 cm³/mol. The molecule has 2 aromatic rings. The number of benzene rings is 2. The van der Waals surface area contributed by atoms with Crippen LogP contribution < -0.4 is 0 Å². The van der Waals surface area contributed by atoms with E-state index in [1.807, 2.05) is 60.7 Å². The van der Waals surface area contributed by atoms with Crippen LogP contribution in [0.3, 0.4) is 0 Å². The van der Waals surface area contributed by atoms with Gasteiger partial charge in [-0.1, -0.05) is 60.7 Å².